The zero-order valence-corrected chi connectivity index (χ0v) is 7.40. The Hall–Kier alpha value is -1.64. The predicted octanol–water partition coefficient (Wildman–Crippen LogP) is 2.30. The van der Waals surface area contributed by atoms with Crippen LogP contribution in [0.15, 0.2) is 35.3 Å². The Labute approximate surface area is 76.5 Å². The molecule has 0 amide bonds. The van der Waals surface area contributed by atoms with Gasteiger partial charge in [-0.15, -0.1) is 0 Å². The molecule has 0 bridgehead atoms. The van der Waals surface area contributed by atoms with E-state index in [0.717, 1.165) is 12.1 Å². The molecule has 0 fully saturated rings. The maximum atomic E-state index is 5.12. The van der Waals surface area contributed by atoms with E-state index >= 15 is 0 Å². The lowest BCUT2D eigenvalue weighted by molar-refractivity contribution is 0.570. The number of rotatable bonds is 2. The minimum atomic E-state index is 0.711. The van der Waals surface area contributed by atoms with Crippen LogP contribution in [0.4, 0.5) is 0 Å². The van der Waals surface area contributed by atoms with Gasteiger partial charge < -0.3 is 4.42 Å². The van der Waals surface area contributed by atoms with E-state index in [1.54, 1.807) is 6.20 Å². The fourth-order valence-electron chi connectivity index (χ4n) is 1.12. The zero-order chi connectivity index (χ0) is 9.10. The van der Waals surface area contributed by atoms with Crippen LogP contribution in [-0.4, -0.2) is 9.97 Å². The fraction of sp³-hybridized carbons (Fsp3) is 0.200. The first-order chi connectivity index (χ1) is 6.40. The Bertz CT molecular complexity index is 364. The molecular formula is C10H10N2O. The second-order valence-corrected chi connectivity index (χ2v) is 2.77. The maximum absolute atomic E-state index is 5.12. The summed E-state index contributed by atoms with van der Waals surface area (Å²) in [6.45, 7) is 2.10. The van der Waals surface area contributed by atoms with Crippen molar-refractivity contribution in [1.29, 1.82) is 0 Å². The molecule has 0 unspecified atom stereocenters. The topological polar surface area (TPSA) is 38.9 Å². The summed E-state index contributed by atoms with van der Waals surface area (Å²) in [5.41, 5.74) is 2.05. The van der Waals surface area contributed by atoms with E-state index in [0.29, 0.717) is 5.76 Å². The number of nitrogens with zero attached hydrogens (tertiary/aromatic N) is 2. The van der Waals surface area contributed by atoms with Gasteiger partial charge in [-0.3, -0.25) is 4.98 Å². The Morgan fingerprint density at radius 1 is 1.31 bits per heavy atom. The summed E-state index contributed by atoms with van der Waals surface area (Å²) in [5, 5.41) is 0. The SMILES string of the molecule is CCc1ccc(-c2cnco2)nc1. The van der Waals surface area contributed by atoms with Gasteiger partial charge >= 0.3 is 0 Å². The van der Waals surface area contributed by atoms with Crippen molar-refractivity contribution in [3.63, 3.8) is 0 Å². The highest BCUT2D eigenvalue weighted by Crippen LogP contribution is 2.15. The summed E-state index contributed by atoms with van der Waals surface area (Å²) in [6, 6.07) is 3.99. The molecule has 3 nitrogen and oxygen atoms in total. The summed E-state index contributed by atoms with van der Waals surface area (Å²) in [5.74, 6) is 0.711. The molecule has 2 rings (SSSR count). The number of hydrogen-bond acceptors (Lipinski definition) is 3. The van der Waals surface area contributed by atoms with E-state index in [1.807, 2.05) is 18.3 Å². The minimum Gasteiger partial charge on any atom is -0.442 e. The van der Waals surface area contributed by atoms with Gasteiger partial charge in [-0.2, -0.15) is 0 Å². The van der Waals surface area contributed by atoms with Gasteiger partial charge in [0.05, 0.1) is 6.20 Å². The van der Waals surface area contributed by atoms with Crippen molar-refractivity contribution in [3.05, 3.63) is 36.5 Å². The largest absolute Gasteiger partial charge is 0.442 e. The van der Waals surface area contributed by atoms with Crippen LogP contribution in [0.25, 0.3) is 11.5 Å². The number of hydrogen-bond donors (Lipinski definition) is 0. The molecule has 0 aromatic carbocycles. The molecule has 2 aromatic rings. The van der Waals surface area contributed by atoms with Crippen LogP contribution < -0.4 is 0 Å². The number of aromatic nitrogens is 2. The Balaban J connectivity index is 2.33. The smallest absolute Gasteiger partial charge is 0.181 e. The molecule has 0 aliphatic carbocycles. The van der Waals surface area contributed by atoms with Crippen molar-refractivity contribution in [1.82, 2.24) is 9.97 Å². The van der Waals surface area contributed by atoms with Crippen LogP contribution >= 0.6 is 0 Å². The third-order valence-corrected chi connectivity index (χ3v) is 1.92. The summed E-state index contributed by atoms with van der Waals surface area (Å²) < 4.78 is 5.12. The van der Waals surface area contributed by atoms with Gasteiger partial charge in [0.1, 0.15) is 5.69 Å². The van der Waals surface area contributed by atoms with Gasteiger partial charge in [0.25, 0.3) is 0 Å². The predicted molar refractivity (Wildman–Crippen MR) is 49.1 cm³/mol. The lowest BCUT2D eigenvalue weighted by Gasteiger charge is -1.96. The molecule has 3 heteroatoms. The zero-order valence-electron chi connectivity index (χ0n) is 7.40. The number of pyridine rings is 1. The van der Waals surface area contributed by atoms with Crippen molar-refractivity contribution < 1.29 is 4.42 Å². The standard InChI is InChI=1S/C10H10N2O/c1-2-8-3-4-9(12-5-8)10-6-11-7-13-10/h3-7H,2H2,1H3. The number of oxazole rings is 1. The summed E-state index contributed by atoms with van der Waals surface area (Å²) in [7, 11) is 0. The highest BCUT2D eigenvalue weighted by Gasteiger charge is 2.01. The minimum absolute atomic E-state index is 0.711. The van der Waals surface area contributed by atoms with Gasteiger partial charge in [-0.05, 0) is 18.1 Å². The Morgan fingerprint density at radius 2 is 2.23 bits per heavy atom. The highest BCUT2D eigenvalue weighted by molar-refractivity contribution is 5.50. The Morgan fingerprint density at radius 3 is 2.77 bits per heavy atom. The van der Waals surface area contributed by atoms with Crippen molar-refractivity contribution in [3.8, 4) is 11.5 Å². The first-order valence-corrected chi connectivity index (χ1v) is 4.24. The van der Waals surface area contributed by atoms with E-state index in [1.165, 1.54) is 12.0 Å². The van der Waals surface area contributed by atoms with Crippen LogP contribution in [0.1, 0.15) is 12.5 Å². The molecule has 2 aromatic heterocycles. The first kappa shape index (κ1) is 7.98. The molecule has 0 atom stereocenters. The summed E-state index contributed by atoms with van der Waals surface area (Å²) in [6.07, 6.45) is 5.93. The molecule has 13 heavy (non-hydrogen) atoms. The normalized spacial score (nSPS) is 10.2. The van der Waals surface area contributed by atoms with Crippen molar-refractivity contribution in [2.24, 2.45) is 0 Å². The average Bonchev–Trinajstić information content (AvgIpc) is 2.71. The molecule has 0 radical (unpaired) electrons. The third kappa shape index (κ3) is 1.59. The molecule has 0 aliphatic heterocycles. The first-order valence-electron chi connectivity index (χ1n) is 4.24. The molecule has 0 N–H and O–H groups in total. The molecule has 0 saturated carbocycles. The maximum Gasteiger partial charge on any atom is 0.181 e. The Kier molecular flexibility index (Phi) is 2.08. The van der Waals surface area contributed by atoms with Crippen LogP contribution in [0.2, 0.25) is 0 Å². The van der Waals surface area contributed by atoms with Gasteiger partial charge in [0, 0.05) is 6.20 Å². The second kappa shape index (κ2) is 3.39. The monoisotopic (exact) mass is 174 g/mol. The van der Waals surface area contributed by atoms with Crippen molar-refractivity contribution in [2.45, 2.75) is 13.3 Å². The molecule has 0 saturated heterocycles. The lowest BCUT2D eigenvalue weighted by Crippen LogP contribution is -1.84. The van der Waals surface area contributed by atoms with Crippen molar-refractivity contribution in [2.75, 3.05) is 0 Å². The molecule has 0 spiro atoms. The van der Waals surface area contributed by atoms with Crippen LogP contribution in [0.5, 0.6) is 0 Å². The van der Waals surface area contributed by atoms with Gasteiger partial charge in [0.15, 0.2) is 12.2 Å². The lowest BCUT2D eigenvalue weighted by atomic mass is 10.2. The summed E-state index contributed by atoms with van der Waals surface area (Å²) >= 11 is 0. The van der Waals surface area contributed by atoms with Crippen LogP contribution in [0.3, 0.4) is 0 Å². The van der Waals surface area contributed by atoms with E-state index < -0.39 is 0 Å². The van der Waals surface area contributed by atoms with E-state index in [9.17, 15) is 0 Å². The van der Waals surface area contributed by atoms with Crippen molar-refractivity contribution >= 4 is 0 Å². The summed E-state index contributed by atoms with van der Waals surface area (Å²) in [4.78, 5) is 8.09. The molecule has 66 valence electrons. The van der Waals surface area contributed by atoms with Crippen LogP contribution in [0, 0.1) is 0 Å². The average molecular weight is 174 g/mol. The van der Waals surface area contributed by atoms with Crippen LogP contribution in [-0.2, 0) is 6.42 Å². The second-order valence-electron chi connectivity index (χ2n) is 2.77. The third-order valence-electron chi connectivity index (χ3n) is 1.92. The fourth-order valence-corrected chi connectivity index (χ4v) is 1.12. The van der Waals surface area contributed by atoms with E-state index in [4.69, 9.17) is 4.42 Å². The van der Waals surface area contributed by atoms with Gasteiger partial charge in [-0.25, -0.2) is 4.98 Å². The highest BCUT2D eigenvalue weighted by atomic mass is 16.3. The quantitative estimate of drug-likeness (QED) is 0.701. The van der Waals surface area contributed by atoms with Gasteiger partial charge in [0.2, 0.25) is 0 Å². The van der Waals surface area contributed by atoms with Gasteiger partial charge in [-0.1, -0.05) is 13.0 Å². The van der Waals surface area contributed by atoms with E-state index in [-0.39, 0.29) is 0 Å². The molecule has 2 heterocycles. The molecule has 0 aliphatic rings. The molecular weight excluding hydrogens is 164 g/mol. The number of aryl methyl sites for hydroxylation is 1. The van der Waals surface area contributed by atoms with E-state index in [2.05, 4.69) is 16.9 Å².